The number of aryl methyl sites for hydroxylation is 2. The van der Waals surface area contributed by atoms with Crippen molar-refractivity contribution in [3.63, 3.8) is 0 Å². The second-order valence-electron chi connectivity index (χ2n) is 6.44. The minimum Gasteiger partial charge on any atom is -0.348 e. The molecular weight excluding hydrogens is 288 g/mol. The first-order valence-corrected chi connectivity index (χ1v) is 8.17. The van der Waals surface area contributed by atoms with Crippen LogP contribution in [0.4, 0.5) is 0 Å². The molecular formula is C18H24N4O. The molecule has 1 N–H and O–H groups in total. The Morgan fingerprint density at radius 2 is 2.13 bits per heavy atom. The van der Waals surface area contributed by atoms with Crippen molar-refractivity contribution in [2.75, 3.05) is 13.1 Å². The van der Waals surface area contributed by atoms with E-state index in [0.717, 1.165) is 32.5 Å². The molecule has 0 aliphatic carbocycles. The summed E-state index contributed by atoms with van der Waals surface area (Å²) in [6, 6.07) is 8.89. The summed E-state index contributed by atoms with van der Waals surface area (Å²) < 4.78 is 1.65. The van der Waals surface area contributed by atoms with Crippen molar-refractivity contribution < 1.29 is 4.79 Å². The lowest BCUT2D eigenvalue weighted by Crippen LogP contribution is -2.47. The highest BCUT2D eigenvalue weighted by molar-refractivity contribution is 5.93. The first-order chi connectivity index (χ1) is 11.1. The summed E-state index contributed by atoms with van der Waals surface area (Å²) in [5.41, 5.74) is 3.24. The molecule has 0 spiro atoms. The van der Waals surface area contributed by atoms with Crippen LogP contribution in [0, 0.1) is 6.92 Å². The van der Waals surface area contributed by atoms with E-state index in [1.165, 1.54) is 11.1 Å². The van der Waals surface area contributed by atoms with Gasteiger partial charge in [0, 0.05) is 32.4 Å². The molecule has 23 heavy (non-hydrogen) atoms. The van der Waals surface area contributed by atoms with E-state index in [-0.39, 0.29) is 11.9 Å². The van der Waals surface area contributed by atoms with Gasteiger partial charge in [-0.15, -0.1) is 0 Å². The number of carbonyl (C=O) groups is 1. The van der Waals surface area contributed by atoms with E-state index in [2.05, 4.69) is 46.5 Å². The smallest absolute Gasteiger partial charge is 0.254 e. The third kappa shape index (κ3) is 4.20. The van der Waals surface area contributed by atoms with E-state index in [9.17, 15) is 4.79 Å². The van der Waals surface area contributed by atoms with Crippen LogP contribution in [0.25, 0.3) is 0 Å². The van der Waals surface area contributed by atoms with E-state index >= 15 is 0 Å². The van der Waals surface area contributed by atoms with Gasteiger partial charge >= 0.3 is 0 Å². The SMILES string of the molecule is Cc1ccc(CN2CCCC(NC(=O)c3cnn(C)c3)C2)cc1. The average Bonchev–Trinajstić information content (AvgIpc) is 2.97. The maximum atomic E-state index is 12.2. The number of likely N-dealkylation sites (tertiary alicyclic amines) is 1. The third-order valence-corrected chi connectivity index (χ3v) is 4.33. The van der Waals surface area contributed by atoms with Gasteiger partial charge in [0.1, 0.15) is 0 Å². The highest BCUT2D eigenvalue weighted by Crippen LogP contribution is 2.15. The van der Waals surface area contributed by atoms with E-state index in [0.29, 0.717) is 5.56 Å². The number of nitrogens with zero attached hydrogens (tertiary/aromatic N) is 3. The molecule has 0 radical (unpaired) electrons. The fourth-order valence-corrected chi connectivity index (χ4v) is 3.08. The highest BCUT2D eigenvalue weighted by Gasteiger charge is 2.22. The van der Waals surface area contributed by atoms with Crippen molar-refractivity contribution >= 4 is 5.91 Å². The lowest BCUT2D eigenvalue weighted by Gasteiger charge is -2.33. The standard InChI is InChI=1S/C18H24N4O/c1-14-5-7-15(8-6-14)11-22-9-3-4-17(13-22)20-18(23)16-10-19-21(2)12-16/h5-8,10,12,17H,3-4,9,11,13H2,1-2H3,(H,20,23). The molecule has 1 saturated heterocycles. The Bertz CT molecular complexity index is 662. The van der Waals surface area contributed by atoms with Crippen molar-refractivity contribution in [2.24, 2.45) is 7.05 Å². The molecule has 1 atom stereocenters. The Hall–Kier alpha value is -2.14. The van der Waals surface area contributed by atoms with Gasteiger partial charge in [0.2, 0.25) is 0 Å². The molecule has 1 aromatic carbocycles. The molecule has 2 heterocycles. The zero-order valence-corrected chi connectivity index (χ0v) is 13.8. The molecule has 1 amide bonds. The number of nitrogens with one attached hydrogen (secondary N) is 1. The van der Waals surface area contributed by atoms with Gasteiger partial charge in [0.15, 0.2) is 0 Å². The molecule has 3 rings (SSSR count). The number of carbonyl (C=O) groups excluding carboxylic acids is 1. The Morgan fingerprint density at radius 1 is 1.35 bits per heavy atom. The number of benzene rings is 1. The van der Waals surface area contributed by atoms with Crippen molar-refractivity contribution in [2.45, 2.75) is 32.4 Å². The molecule has 5 nitrogen and oxygen atoms in total. The number of hydrogen-bond acceptors (Lipinski definition) is 3. The Labute approximate surface area is 137 Å². The van der Waals surface area contributed by atoms with E-state index < -0.39 is 0 Å². The normalized spacial score (nSPS) is 18.8. The van der Waals surface area contributed by atoms with Gasteiger partial charge in [0.25, 0.3) is 5.91 Å². The summed E-state index contributed by atoms with van der Waals surface area (Å²) in [6.07, 6.45) is 5.52. The van der Waals surface area contributed by atoms with Gasteiger partial charge in [-0.1, -0.05) is 29.8 Å². The molecule has 2 aromatic rings. The summed E-state index contributed by atoms with van der Waals surface area (Å²) in [5.74, 6) is -0.0275. The number of amides is 1. The van der Waals surface area contributed by atoms with Gasteiger partial charge in [-0.3, -0.25) is 14.4 Å². The molecule has 122 valence electrons. The Morgan fingerprint density at radius 3 is 2.83 bits per heavy atom. The number of aromatic nitrogens is 2. The number of hydrogen-bond donors (Lipinski definition) is 1. The van der Waals surface area contributed by atoms with Gasteiger partial charge < -0.3 is 5.32 Å². The fourth-order valence-electron chi connectivity index (χ4n) is 3.08. The molecule has 0 bridgehead atoms. The molecule has 1 unspecified atom stereocenters. The lowest BCUT2D eigenvalue weighted by atomic mass is 10.0. The van der Waals surface area contributed by atoms with Crippen LogP contribution in [-0.4, -0.2) is 39.7 Å². The lowest BCUT2D eigenvalue weighted by molar-refractivity contribution is 0.0900. The fraction of sp³-hybridized carbons (Fsp3) is 0.444. The zero-order valence-electron chi connectivity index (χ0n) is 13.8. The van der Waals surface area contributed by atoms with E-state index in [1.54, 1.807) is 17.1 Å². The van der Waals surface area contributed by atoms with Crippen molar-refractivity contribution in [3.05, 3.63) is 53.3 Å². The van der Waals surface area contributed by atoms with Gasteiger partial charge in [0.05, 0.1) is 11.8 Å². The van der Waals surface area contributed by atoms with Crippen LogP contribution >= 0.6 is 0 Å². The summed E-state index contributed by atoms with van der Waals surface area (Å²) in [4.78, 5) is 14.7. The average molecular weight is 312 g/mol. The minimum atomic E-state index is -0.0275. The van der Waals surface area contributed by atoms with Crippen LogP contribution < -0.4 is 5.32 Å². The molecule has 1 aliphatic heterocycles. The van der Waals surface area contributed by atoms with Crippen LogP contribution in [0.15, 0.2) is 36.7 Å². The summed E-state index contributed by atoms with van der Waals surface area (Å²) >= 11 is 0. The molecule has 1 aromatic heterocycles. The topological polar surface area (TPSA) is 50.2 Å². The molecule has 1 aliphatic rings. The quantitative estimate of drug-likeness (QED) is 0.941. The van der Waals surface area contributed by atoms with Crippen LogP contribution in [0.3, 0.4) is 0 Å². The number of piperidine rings is 1. The maximum Gasteiger partial charge on any atom is 0.254 e. The van der Waals surface area contributed by atoms with Crippen molar-refractivity contribution in [3.8, 4) is 0 Å². The van der Waals surface area contributed by atoms with E-state index in [1.807, 2.05) is 7.05 Å². The molecule has 1 fully saturated rings. The largest absolute Gasteiger partial charge is 0.348 e. The van der Waals surface area contributed by atoms with Crippen LogP contribution in [0.5, 0.6) is 0 Å². The predicted octanol–water partition coefficient (Wildman–Crippen LogP) is 2.12. The maximum absolute atomic E-state index is 12.2. The van der Waals surface area contributed by atoms with Crippen LogP contribution in [-0.2, 0) is 13.6 Å². The monoisotopic (exact) mass is 312 g/mol. The molecule has 5 heteroatoms. The van der Waals surface area contributed by atoms with Gasteiger partial charge in [-0.25, -0.2) is 0 Å². The minimum absolute atomic E-state index is 0.0275. The third-order valence-electron chi connectivity index (χ3n) is 4.33. The Balaban J connectivity index is 1.55. The highest BCUT2D eigenvalue weighted by atomic mass is 16.1. The zero-order chi connectivity index (χ0) is 16.2. The second-order valence-corrected chi connectivity index (χ2v) is 6.44. The van der Waals surface area contributed by atoms with Gasteiger partial charge in [-0.05, 0) is 31.9 Å². The summed E-state index contributed by atoms with van der Waals surface area (Å²) in [7, 11) is 1.82. The van der Waals surface area contributed by atoms with Crippen molar-refractivity contribution in [1.29, 1.82) is 0 Å². The second kappa shape index (κ2) is 6.96. The van der Waals surface area contributed by atoms with Crippen LogP contribution in [0.1, 0.15) is 34.3 Å². The summed E-state index contributed by atoms with van der Waals surface area (Å²) in [5, 5.41) is 7.19. The molecule has 0 saturated carbocycles. The van der Waals surface area contributed by atoms with Gasteiger partial charge in [-0.2, -0.15) is 5.10 Å². The van der Waals surface area contributed by atoms with Crippen molar-refractivity contribution in [1.82, 2.24) is 20.0 Å². The Kier molecular flexibility index (Phi) is 4.76. The number of rotatable bonds is 4. The van der Waals surface area contributed by atoms with E-state index in [4.69, 9.17) is 0 Å². The predicted molar refractivity (Wildman–Crippen MR) is 90.2 cm³/mol. The first-order valence-electron chi connectivity index (χ1n) is 8.17. The first kappa shape index (κ1) is 15.7. The summed E-state index contributed by atoms with van der Waals surface area (Å²) in [6.45, 7) is 5.04. The van der Waals surface area contributed by atoms with Crippen LogP contribution in [0.2, 0.25) is 0 Å².